The van der Waals surface area contributed by atoms with Crippen LogP contribution in [0.25, 0.3) is 0 Å². The van der Waals surface area contributed by atoms with Crippen LogP contribution in [0.2, 0.25) is 0 Å². The van der Waals surface area contributed by atoms with Crippen LogP contribution in [-0.4, -0.2) is 43.1 Å². The van der Waals surface area contributed by atoms with Crippen LogP contribution in [0.1, 0.15) is 51.0 Å². The number of aromatic nitrogens is 1. The zero-order chi connectivity index (χ0) is 20.3. The van der Waals surface area contributed by atoms with E-state index in [0.29, 0.717) is 29.8 Å². The number of aryl methyl sites for hydroxylation is 2. The molecule has 28 heavy (non-hydrogen) atoms. The summed E-state index contributed by atoms with van der Waals surface area (Å²) in [4.78, 5) is 41.7. The third kappa shape index (κ3) is 3.65. The van der Waals surface area contributed by atoms with E-state index in [1.807, 2.05) is 31.2 Å². The first-order chi connectivity index (χ1) is 13.5. The second-order valence-electron chi connectivity index (χ2n) is 6.68. The summed E-state index contributed by atoms with van der Waals surface area (Å²) >= 11 is 0. The van der Waals surface area contributed by atoms with Gasteiger partial charge in [-0.3, -0.25) is 4.79 Å². The van der Waals surface area contributed by atoms with Gasteiger partial charge >= 0.3 is 11.9 Å². The van der Waals surface area contributed by atoms with Crippen molar-refractivity contribution in [2.75, 3.05) is 25.2 Å². The molecule has 1 amide bonds. The maximum absolute atomic E-state index is 12.6. The van der Waals surface area contributed by atoms with Gasteiger partial charge in [0.05, 0.1) is 12.7 Å². The highest BCUT2D eigenvalue weighted by Crippen LogP contribution is 2.27. The fourth-order valence-corrected chi connectivity index (χ4v) is 3.58. The Morgan fingerprint density at radius 2 is 1.93 bits per heavy atom. The number of hydrogen-bond donors (Lipinski definition) is 1. The van der Waals surface area contributed by atoms with Crippen LogP contribution in [0.4, 0.5) is 5.69 Å². The third-order valence-corrected chi connectivity index (χ3v) is 5.01. The van der Waals surface area contributed by atoms with E-state index >= 15 is 0 Å². The minimum absolute atomic E-state index is 0.170. The highest BCUT2D eigenvalue weighted by molar-refractivity contribution is 6.00. The smallest absolute Gasteiger partial charge is 0.355 e. The van der Waals surface area contributed by atoms with Crippen LogP contribution in [0.5, 0.6) is 0 Å². The monoisotopic (exact) mass is 384 g/mol. The molecule has 0 saturated carbocycles. The molecule has 2 aromatic rings. The largest absolute Gasteiger partial charge is 0.465 e. The van der Waals surface area contributed by atoms with Crippen molar-refractivity contribution in [3.63, 3.8) is 0 Å². The lowest BCUT2D eigenvalue weighted by atomic mass is 10.0. The fraction of sp³-hybridized carbons (Fsp3) is 0.381. The van der Waals surface area contributed by atoms with E-state index in [2.05, 4.69) is 4.98 Å². The van der Waals surface area contributed by atoms with Crippen molar-refractivity contribution in [1.82, 2.24) is 4.98 Å². The van der Waals surface area contributed by atoms with Crippen molar-refractivity contribution in [3.05, 3.63) is 52.3 Å². The maximum Gasteiger partial charge on any atom is 0.355 e. The van der Waals surface area contributed by atoms with Gasteiger partial charge in [-0.2, -0.15) is 0 Å². The topological polar surface area (TPSA) is 88.7 Å². The summed E-state index contributed by atoms with van der Waals surface area (Å²) in [7, 11) is 1.29. The molecule has 148 valence electrons. The number of H-pyrrole nitrogens is 1. The number of ether oxygens (including phenoxy) is 2. The number of hydrogen-bond acceptors (Lipinski definition) is 5. The number of rotatable bonds is 5. The van der Waals surface area contributed by atoms with Crippen molar-refractivity contribution in [3.8, 4) is 0 Å². The Balaban J connectivity index is 1.72. The average Bonchev–Trinajstić information content (AvgIpc) is 3.07. The molecule has 1 aliphatic rings. The first-order valence-corrected chi connectivity index (χ1v) is 9.33. The molecule has 0 fully saturated rings. The summed E-state index contributed by atoms with van der Waals surface area (Å²) < 4.78 is 10.0. The number of nitrogens with zero attached hydrogens (tertiary/aromatic N) is 1. The van der Waals surface area contributed by atoms with E-state index in [-0.39, 0.29) is 18.2 Å². The van der Waals surface area contributed by atoms with Crippen LogP contribution in [-0.2, 0) is 27.1 Å². The zero-order valence-corrected chi connectivity index (χ0v) is 16.3. The lowest BCUT2D eigenvalue weighted by molar-refractivity contribution is -0.121. The van der Waals surface area contributed by atoms with E-state index in [1.54, 1.807) is 11.8 Å². The molecule has 3 rings (SSSR count). The van der Waals surface area contributed by atoms with Gasteiger partial charge in [-0.25, -0.2) is 9.59 Å². The molecule has 0 saturated heterocycles. The number of para-hydroxylation sites is 1. The number of benzene rings is 1. The van der Waals surface area contributed by atoms with Gasteiger partial charge in [-0.15, -0.1) is 0 Å². The van der Waals surface area contributed by atoms with Crippen molar-refractivity contribution in [1.29, 1.82) is 0 Å². The van der Waals surface area contributed by atoms with Crippen LogP contribution in [0.3, 0.4) is 0 Å². The Kier molecular flexibility index (Phi) is 5.82. The first kappa shape index (κ1) is 19.7. The van der Waals surface area contributed by atoms with Crippen molar-refractivity contribution < 1.29 is 23.9 Å². The van der Waals surface area contributed by atoms with Crippen LogP contribution in [0, 0.1) is 6.92 Å². The molecule has 1 N–H and O–H groups in total. The van der Waals surface area contributed by atoms with Gasteiger partial charge in [0.15, 0.2) is 6.61 Å². The number of carbonyl (C=O) groups excluding carboxylic acids is 3. The third-order valence-electron chi connectivity index (χ3n) is 5.01. The summed E-state index contributed by atoms with van der Waals surface area (Å²) in [6.45, 7) is 3.76. The molecule has 0 bridgehead atoms. The lowest BCUT2D eigenvalue weighted by Gasteiger charge is -2.29. The van der Waals surface area contributed by atoms with Crippen LogP contribution < -0.4 is 4.90 Å². The van der Waals surface area contributed by atoms with Crippen LogP contribution in [0.15, 0.2) is 24.3 Å². The van der Waals surface area contributed by atoms with Crippen molar-refractivity contribution in [2.24, 2.45) is 0 Å². The Labute approximate surface area is 163 Å². The number of carbonyl (C=O) groups is 3. The minimum Gasteiger partial charge on any atom is -0.465 e. The standard InChI is InChI=1S/C21H24N2O5/c1-4-15-18(20(25)27-3)13(2)19(22-15)21(26)28-12-17(24)23-11-7-9-14-8-5-6-10-16(14)23/h5-6,8,10,22H,4,7,9,11-12H2,1-3H3. The molecule has 7 nitrogen and oxygen atoms in total. The molecule has 1 aromatic carbocycles. The van der Waals surface area contributed by atoms with E-state index in [9.17, 15) is 14.4 Å². The Morgan fingerprint density at radius 3 is 2.64 bits per heavy atom. The van der Waals surface area contributed by atoms with Gasteiger partial charge in [0.25, 0.3) is 5.91 Å². The van der Waals surface area contributed by atoms with E-state index in [1.165, 1.54) is 7.11 Å². The summed E-state index contributed by atoms with van der Waals surface area (Å²) in [6.07, 6.45) is 2.33. The number of methoxy groups -OCH3 is 1. The number of anilines is 1. The lowest BCUT2D eigenvalue weighted by Crippen LogP contribution is -2.38. The van der Waals surface area contributed by atoms with Gasteiger partial charge in [0, 0.05) is 17.9 Å². The van der Waals surface area contributed by atoms with Crippen molar-refractivity contribution in [2.45, 2.75) is 33.1 Å². The normalized spacial score (nSPS) is 13.0. The number of nitrogens with one attached hydrogen (secondary N) is 1. The summed E-state index contributed by atoms with van der Waals surface area (Å²) in [5.74, 6) is -1.44. The Bertz CT molecular complexity index is 916. The molecule has 0 radical (unpaired) electrons. The highest BCUT2D eigenvalue weighted by atomic mass is 16.5. The predicted molar refractivity (Wildman–Crippen MR) is 104 cm³/mol. The SMILES string of the molecule is CCc1[nH]c(C(=O)OCC(=O)N2CCCc3ccccc32)c(C)c1C(=O)OC. The molecule has 0 spiro atoms. The maximum atomic E-state index is 12.6. The van der Waals surface area contributed by atoms with Gasteiger partial charge in [0.1, 0.15) is 5.69 Å². The zero-order valence-electron chi connectivity index (χ0n) is 16.3. The quantitative estimate of drug-likeness (QED) is 0.801. The van der Waals surface area contributed by atoms with E-state index in [0.717, 1.165) is 24.1 Å². The molecular formula is C21H24N2O5. The van der Waals surface area contributed by atoms with Crippen LogP contribution >= 0.6 is 0 Å². The van der Waals surface area contributed by atoms with E-state index < -0.39 is 11.9 Å². The van der Waals surface area contributed by atoms with Gasteiger partial charge < -0.3 is 19.4 Å². The fourth-order valence-electron chi connectivity index (χ4n) is 3.58. The molecule has 0 aliphatic carbocycles. The van der Waals surface area contributed by atoms with E-state index in [4.69, 9.17) is 9.47 Å². The molecule has 0 unspecified atom stereocenters. The van der Waals surface area contributed by atoms with Gasteiger partial charge in [-0.1, -0.05) is 25.1 Å². The Hall–Kier alpha value is -3.09. The molecule has 7 heteroatoms. The summed E-state index contributed by atoms with van der Waals surface area (Å²) in [6, 6.07) is 7.74. The molecule has 0 atom stereocenters. The Morgan fingerprint density at radius 1 is 1.18 bits per heavy atom. The first-order valence-electron chi connectivity index (χ1n) is 9.33. The number of amides is 1. The second kappa shape index (κ2) is 8.29. The van der Waals surface area contributed by atoms with Crippen molar-refractivity contribution >= 4 is 23.5 Å². The highest BCUT2D eigenvalue weighted by Gasteiger charge is 2.27. The molecular weight excluding hydrogens is 360 g/mol. The molecule has 1 aromatic heterocycles. The number of fused-ring (bicyclic) bond motifs is 1. The second-order valence-corrected chi connectivity index (χ2v) is 6.68. The average molecular weight is 384 g/mol. The number of esters is 2. The number of aromatic amines is 1. The summed E-state index contributed by atoms with van der Waals surface area (Å²) in [5.41, 5.74) is 3.56. The summed E-state index contributed by atoms with van der Waals surface area (Å²) in [5, 5.41) is 0. The molecule has 2 heterocycles. The van der Waals surface area contributed by atoms with Gasteiger partial charge in [0.2, 0.25) is 0 Å². The predicted octanol–water partition coefficient (Wildman–Crippen LogP) is 2.81. The van der Waals surface area contributed by atoms with Gasteiger partial charge in [-0.05, 0) is 43.4 Å². The molecule has 1 aliphatic heterocycles. The minimum atomic E-state index is -0.666.